The van der Waals surface area contributed by atoms with Gasteiger partial charge in [0, 0.05) is 40.8 Å². The van der Waals surface area contributed by atoms with Gasteiger partial charge >= 0.3 is 0 Å². The van der Waals surface area contributed by atoms with Crippen molar-refractivity contribution in [3.8, 4) is 17.3 Å². The van der Waals surface area contributed by atoms with Crippen LogP contribution in [0.25, 0.3) is 11.3 Å². The minimum Gasteiger partial charge on any atom is -0.326 e. The van der Waals surface area contributed by atoms with Crippen LogP contribution < -0.4 is 10.0 Å². The Kier molecular flexibility index (Phi) is 8.35. The lowest BCUT2D eigenvalue weighted by Crippen LogP contribution is -2.15. The van der Waals surface area contributed by atoms with Gasteiger partial charge in [0.05, 0.1) is 16.2 Å². The normalized spacial score (nSPS) is 10.9. The van der Waals surface area contributed by atoms with E-state index in [4.69, 9.17) is 11.6 Å². The molecular weight excluding hydrogens is 532 g/mol. The van der Waals surface area contributed by atoms with Gasteiger partial charge < -0.3 is 5.32 Å². The third-order valence-corrected chi connectivity index (χ3v) is 7.52. The number of rotatable bonds is 9. The van der Waals surface area contributed by atoms with Crippen molar-refractivity contribution >= 4 is 50.9 Å². The van der Waals surface area contributed by atoms with Crippen LogP contribution in [-0.4, -0.2) is 35.0 Å². The minimum absolute atomic E-state index is 0.00387. The number of nitrogens with one attached hydrogen (secondary N) is 2. The first-order chi connectivity index (χ1) is 17.8. The maximum absolute atomic E-state index is 12.5. The minimum atomic E-state index is -3.87. The Morgan fingerprint density at radius 1 is 1.00 bits per heavy atom. The van der Waals surface area contributed by atoms with E-state index >= 15 is 0 Å². The van der Waals surface area contributed by atoms with E-state index in [0.29, 0.717) is 32.7 Å². The van der Waals surface area contributed by atoms with Crippen LogP contribution in [0.4, 0.5) is 11.6 Å². The molecule has 0 saturated carbocycles. The van der Waals surface area contributed by atoms with E-state index in [0.717, 1.165) is 5.56 Å². The fourth-order valence-corrected chi connectivity index (χ4v) is 5.13. The molecule has 2 aromatic heterocycles. The molecule has 0 fully saturated rings. The fraction of sp³-hybridized carbons (Fsp3) is 0.0800. The number of halogens is 1. The molecule has 0 spiro atoms. The molecule has 9 nitrogen and oxygen atoms in total. The largest absolute Gasteiger partial charge is 0.326 e. The third kappa shape index (κ3) is 7.04. The molecule has 12 heteroatoms. The number of carbonyl (C=O) groups is 1. The van der Waals surface area contributed by atoms with Crippen LogP contribution in [0.1, 0.15) is 12.0 Å². The van der Waals surface area contributed by atoms with E-state index in [9.17, 15) is 18.5 Å². The number of amides is 1. The summed E-state index contributed by atoms with van der Waals surface area (Å²) in [6, 6.07) is 20.1. The molecule has 2 N–H and O–H groups in total. The number of nitriles is 1. The quantitative estimate of drug-likeness (QED) is 0.278. The summed E-state index contributed by atoms with van der Waals surface area (Å²) in [5.41, 5.74) is 2.44. The van der Waals surface area contributed by atoms with Gasteiger partial charge in [-0.15, -0.1) is 11.8 Å². The first kappa shape index (κ1) is 26.1. The number of nitrogens with zero attached hydrogens (tertiary/aromatic N) is 4. The Morgan fingerprint density at radius 3 is 2.38 bits per heavy atom. The molecule has 4 rings (SSSR count). The highest BCUT2D eigenvalue weighted by Crippen LogP contribution is 2.27. The highest BCUT2D eigenvalue weighted by molar-refractivity contribution is 7.99. The predicted octanol–water partition coefficient (Wildman–Crippen LogP) is 4.99. The topological polar surface area (TPSA) is 138 Å². The molecule has 0 aliphatic carbocycles. The summed E-state index contributed by atoms with van der Waals surface area (Å²) in [5.74, 6) is 0.0989. The van der Waals surface area contributed by atoms with Crippen LogP contribution in [0.5, 0.6) is 0 Å². The molecule has 186 valence electrons. The van der Waals surface area contributed by atoms with Gasteiger partial charge in [-0.2, -0.15) is 5.26 Å². The highest BCUT2D eigenvalue weighted by atomic mass is 35.5. The number of pyridine rings is 1. The number of hydrogen-bond acceptors (Lipinski definition) is 8. The van der Waals surface area contributed by atoms with Gasteiger partial charge in [0.1, 0.15) is 11.1 Å². The Labute approximate surface area is 223 Å². The first-order valence-electron chi connectivity index (χ1n) is 10.8. The van der Waals surface area contributed by atoms with Crippen LogP contribution in [0.15, 0.2) is 89.0 Å². The fourth-order valence-electron chi connectivity index (χ4n) is 3.13. The van der Waals surface area contributed by atoms with Gasteiger partial charge in [-0.05, 0) is 54.6 Å². The highest BCUT2D eigenvalue weighted by Gasteiger charge is 2.16. The molecule has 4 aromatic rings. The number of aromatic nitrogens is 3. The summed E-state index contributed by atoms with van der Waals surface area (Å²) in [4.78, 5) is 24.7. The summed E-state index contributed by atoms with van der Waals surface area (Å²) in [6.07, 6.45) is 3.01. The van der Waals surface area contributed by atoms with Gasteiger partial charge in [-0.25, -0.2) is 28.1 Å². The van der Waals surface area contributed by atoms with Crippen molar-refractivity contribution in [1.29, 1.82) is 5.26 Å². The molecule has 0 unspecified atom stereocenters. The summed E-state index contributed by atoms with van der Waals surface area (Å²) >= 11 is 7.26. The van der Waals surface area contributed by atoms with Crippen LogP contribution in [0.3, 0.4) is 0 Å². The number of carbonyl (C=O) groups excluding carboxylic acids is 1. The summed E-state index contributed by atoms with van der Waals surface area (Å²) in [7, 11) is -3.87. The third-order valence-electron chi connectivity index (χ3n) is 4.93. The van der Waals surface area contributed by atoms with Gasteiger partial charge in [-0.1, -0.05) is 23.7 Å². The van der Waals surface area contributed by atoms with Gasteiger partial charge in [-0.3, -0.25) is 4.79 Å². The van der Waals surface area contributed by atoms with Crippen molar-refractivity contribution in [3.63, 3.8) is 0 Å². The Balaban J connectivity index is 1.33. The van der Waals surface area contributed by atoms with Gasteiger partial charge in [0.2, 0.25) is 11.9 Å². The van der Waals surface area contributed by atoms with Crippen molar-refractivity contribution in [1.82, 2.24) is 15.0 Å². The van der Waals surface area contributed by atoms with Crippen LogP contribution >= 0.6 is 23.4 Å². The maximum Gasteiger partial charge on any atom is 0.264 e. The van der Waals surface area contributed by atoms with E-state index in [-0.39, 0.29) is 23.2 Å². The predicted molar refractivity (Wildman–Crippen MR) is 143 cm³/mol. The molecule has 0 aliphatic rings. The van der Waals surface area contributed by atoms with E-state index < -0.39 is 10.0 Å². The lowest BCUT2D eigenvalue weighted by Gasteiger charge is -2.09. The monoisotopic (exact) mass is 550 g/mol. The second-order valence-electron chi connectivity index (χ2n) is 7.52. The Morgan fingerprint density at radius 2 is 1.70 bits per heavy atom. The molecule has 0 aliphatic heterocycles. The number of sulfonamides is 1. The zero-order valence-electron chi connectivity index (χ0n) is 19.1. The van der Waals surface area contributed by atoms with E-state index in [2.05, 4.69) is 31.1 Å². The van der Waals surface area contributed by atoms with Crippen molar-refractivity contribution < 1.29 is 13.2 Å². The number of benzene rings is 2. The van der Waals surface area contributed by atoms with Gasteiger partial charge in [0.25, 0.3) is 10.0 Å². The zero-order chi connectivity index (χ0) is 26.3. The van der Waals surface area contributed by atoms with Crippen molar-refractivity contribution in [2.75, 3.05) is 15.8 Å². The Hall–Kier alpha value is -3.98. The molecule has 1 amide bonds. The van der Waals surface area contributed by atoms with Crippen LogP contribution in [0, 0.1) is 11.3 Å². The summed E-state index contributed by atoms with van der Waals surface area (Å²) in [6.45, 7) is 0. The number of thioether (sulfide) groups is 1. The SMILES string of the molecule is N#Cc1ccc(-c2ccc(Cl)cc2)nc1SCCC(=O)Nc1ccc(S(=O)(=O)Nc2ncccn2)cc1. The van der Waals surface area contributed by atoms with Crippen LogP contribution in [0.2, 0.25) is 5.02 Å². The second kappa shape index (κ2) is 11.8. The lowest BCUT2D eigenvalue weighted by atomic mass is 10.1. The molecule has 0 bridgehead atoms. The average molecular weight is 551 g/mol. The molecule has 0 saturated heterocycles. The van der Waals surface area contributed by atoms with Crippen molar-refractivity contribution in [2.24, 2.45) is 0 Å². The second-order valence-corrected chi connectivity index (χ2v) is 10.7. The van der Waals surface area contributed by atoms with Gasteiger partial charge in [0.15, 0.2) is 0 Å². The lowest BCUT2D eigenvalue weighted by molar-refractivity contribution is -0.115. The van der Waals surface area contributed by atoms with E-state index in [1.54, 1.807) is 30.3 Å². The average Bonchev–Trinajstić information content (AvgIpc) is 2.90. The summed E-state index contributed by atoms with van der Waals surface area (Å²) < 4.78 is 27.2. The molecule has 0 radical (unpaired) electrons. The Bertz CT molecular complexity index is 1540. The van der Waals surface area contributed by atoms with E-state index in [1.165, 1.54) is 48.4 Å². The molecular formula is C25H19ClN6O3S2. The van der Waals surface area contributed by atoms with Crippen molar-refractivity contribution in [3.05, 3.63) is 89.7 Å². The zero-order valence-corrected chi connectivity index (χ0v) is 21.5. The van der Waals surface area contributed by atoms with Crippen molar-refractivity contribution in [2.45, 2.75) is 16.3 Å². The molecule has 2 aromatic carbocycles. The molecule has 37 heavy (non-hydrogen) atoms. The smallest absolute Gasteiger partial charge is 0.264 e. The standard InChI is InChI=1S/C25H19ClN6O3S2/c26-19-5-2-17(3-6-19)22-11-4-18(16-27)24(31-22)36-15-12-23(33)30-20-7-9-21(10-8-20)37(34,35)32-25-28-13-1-14-29-25/h1-11,13-14H,12,15H2,(H,30,33)(H,28,29,32). The molecule has 2 heterocycles. The number of anilines is 2. The first-order valence-corrected chi connectivity index (χ1v) is 13.7. The maximum atomic E-state index is 12.5. The number of hydrogen-bond donors (Lipinski definition) is 2. The summed E-state index contributed by atoms with van der Waals surface area (Å²) in [5, 5.41) is 13.3. The molecule has 0 atom stereocenters. The van der Waals surface area contributed by atoms with Crippen LogP contribution in [-0.2, 0) is 14.8 Å². The van der Waals surface area contributed by atoms with E-state index in [1.807, 2.05) is 12.1 Å².